The Morgan fingerprint density at radius 1 is 1.17 bits per heavy atom. The van der Waals surface area contributed by atoms with Gasteiger partial charge in [-0.05, 0) is 48.0 Å². The van der Waals surface area contributed by atoms with E-state index in [9.17, 15) is 14.8 Å². The molecule has 0 aliphatic carbocycles. The Labute approximate surface area is 164 Å². The fourth-order valence-electron chi connectivity index (χ4n) is 2.76. The third-order valence-corrected chi connectivity index (χ3v) is 4.14. The van der Waals surface area contributed by atoms with Crippen molar-refractivity contribution in [3.8, 4) is 11.5 Å². The molecule has 0 atom stereocenters. The third-order valence-electron chi connectivity index (χ3n) is 4.14. The lowest BCUT2D eigenvalue weighted by Gasteiger charge is -2.21. The molecule has 0 bridgehead atoms. The molecule has 0 amide bonds. The summed E-state index contributed by atoms with van der Waals surface area (Å²) in [5.41, 5.74) is 1.04. The van der Waals surface area contributed by atoms with Crippen molar-refractivity contribution in [2.24, 2.45) is 0 Å². The molecule has 8 nitrogen and oxygen atoms in total. The van der Waals surface area contributed by atoms with E-state index in [0.29, 0.717) is 11.1 Å². The molecular weight excluding hydrogens is 376 g/mol. The molecule has 0 fully saturated rings. The highest BCUT2D eigenvalue weighted by Gasteiger charge is 2.28. The molecule has 1 aliphatic rings. The van der Waals surface area contributed by atoms with Gasteiger partial charge in [0.15, 0.2) is 5.76 Å². The van der Waals surface area contributed by atoms with Gasteiger partial charge in [0.05, 0.1) is 16.8 Å². The number of benzene rings is 2. The Balaban J connectivity index is 1.54. The highest BCUT2D eigenvalue weighted by atomic mass is 16.8. The quantitative estimate of drug-likeness (QED) is 0.312. The summed E-state index contributed by atoms with van der Waals surface area (Å²) < 4.78 is 10.9. The number of nitrogens with zero attached hydrogens (tertiary/aromatic N) is 2. The van der Waals surface area contributed by atoms with E-state index < -0.39 is 5.97 Å². The molecule has 1 aliphatic heterocycles. The van der Waals surface area contributed by atoms with E-state index in [2.05, 4.69) is 4.98 Å². The Morgan fingerprint density at radius 3 is 2.79 bits per heavy atom. The van der Waals surface area contributed by atoms with Gasteiger partial charge in [-0.15, -0.1) is 0 Å². The second kappa shape index (κ2) is 7.55. The van der Waals surface area contributed by atoms with Crippen molar-refractivity contribution in [2.45, 2.75) is 0 Å². The predicted octanol–water partition coefficient (Wildman–Crippen LogP) is 3.61. The minimum absolute atomic E-state index is 0.0760. The number of anilines is 1. The van der Waals surface area contributed by atoms with Gasteiger partial charge in [-0.1, -0.05) is 12.1 Å². The second-order valence-corrected chi connectivity index (χ2v) is 6.10. The van der Waals surface area contributed by atoms with Crippen molar-refractivity contribution in [1.29, 1.82) is 0 Å². The van der Waals surface area contributed by atoms with Gasteiger partial charge in [-0.3, -0.25) is 15.0 Å². The van der Waals surface area contributed by atoms with E-state index >= 15 is 0 Å². The summed E-state index contributed by atoms with van der Waals surface area (Å²) in [4.78, 5) is 28.8. The predicted molar refractivity (Wildman–Crippen MR) is 103 cm³/mol. The molecule has 0 unspecified atom stereocenters. The summed E-state index contributed by atoms with van der Waals surface area (Å²) in [5, 5.41) is 19.6. The lowest BCUT2D eigenvalue weighted by atomic mass is 10.1. The van der Waals surface area contributed by atoms with Gasteiger partial charge in [0.1, 0.15) is 11.5 Å². The molecule has 3 aromatic rings. The summed E-state index contributed by atoms with van der Waals surface area (Å²) in [5.74, 6) is -0.442. The molecule has 0 saturated carbocycles. The zero-order chi connectivity index (χ0) is 20.4. The number of allylic oxidation sites excluding steroid dienone is 1. The van der Waals surface area contributed by atoms with E-state index in [1.54, 1.807) is 30.6 Å². The first-order valence-electron chi connectivity index (χ1n) is 8.48. The van der Waals surface area contributed by atoms with E-state index in [-0.39, 0.29) is 39.5 Å². The summed E-state index contributed by atoms with van der Waals surface area (Å²) >= 11 is 0. The number of pyridine rings is 1. The third kappa shape index (κ3) is 3.84. The van der Waals surface area contributed by atoms with Crippen molar-refractivity contribution in [2.75, 3.05) is 5.23 Å². The summed E-state index contributed by atoms with van der Waals surface area (Å²) in [6, 6.07) is 13.4. The maximum Gasteiger partial charge on any atom is 0.343 e. The Bertz CT molecular complexity index is 1130. The zero-order valence-corrected chi connectivity index (χ0v) is 14.8. The number of ether oxygens (including phenoxy) is 2. The number of rotatable bonds is 4. The molecule has 0 radical (unpaired) electrons. The number of ketones is 1. The van der Waals surface area contributed by atoms with E-state index in [1.165, 1.54) is 42.5 Å². The van der Waals surface area contributed by atoms with Crippen LogP contribution in [0.5, 0.6) is 11.5 Å². The highest BCUT2D eigenvalue weighted by molar-refractivity contribution is 6.14. The van der Waals surface area contributed by atoms with Crippen LogP contribution in [0.2, 0.25) is 0 Å². The average Bonchev–Trinajstić information content (AvgIpc) is 3.03. The van der Waals surface area contributed by atoms with Crippen molar-refractivity contribution in [3.63, 3.8) is 0 Å². The maximum atomic E-state index is 12.5. The number of Topliss-reactive ketones (excluding diaryl/α,β-unsaturated/α-hetero) is 1. The molecule has 1 aromatic heterocycles. The van der Waals surface area contributed by atoms with Crippen LogP contribution in [0.3, 0.4) is 0 Å². The van der Waals surface area contributed by atoms with Gasteiger partial charge in [-0.2, -0.15) is 0 Å². The van der Waals surface area contributed by atoms with Gasteiger partial charge in [0.25, 0.3) is 0 Å². The van der Waals surface area contributed by atoms with Crippen LogP contribution in [0.25, 0.3) is 6.08 Å². The summed E-state index contributed by atoms with van der Waals surface area (Å²) in [7, 11) is 0. The van der Waals surface area contributed by atoms with Crippen molar-refractivity contribution in [1.82, 2.24) is 4.98 Å². The highest BCUT2D eigenvalue weighted by Crippen LogP contribution is 2.35. The number of carbonyl (C=O) groups excluding carboxylic acids is 2. The second-order valence-electron chi connectivity index (χ2n) is 6.10. The Morgan fingerprint density at radius 2 is 2.03 bits per heavy atom. The Hall–Kier alpha value is -4.01. The van der Waals surface area contributed by atoms with Crippen molar-refractivity contribution in [3.05, 3.63) is 94.6 Å². The molecule has 2 aromatic carbocycles. The van der Waals surface area contributed by atoms with Gasteiger partial charge < -0.3 is 19.9 Å². The monoisotopic (exact) mass is 389 g/mol. The van der Waals surface area contributed by atoms with Gasteiger partial charge in [0, 0.05) is 18.5 Å². The van der Waals surface area contributed by atoms with Gasteiger partial charge in [0.2, 0.25) is 5.78 Å². The molecule has 4 rings (SSSR count). The van der Waals surface area contributed by atoms with Crippen molar-refractivity contribution >= 4 is 23.5 Å². The first-order chi connectivity index (χ1) is 14.0. The van der Waals surface area contributed by atoms with Crippen LogP contribution in [0.1, 0.15) is 26.3 Å². The summed E-state index contributed by atoms with van der Waals surface area (Å²) in [6.07, 6.45) is 4.80. The SMILES string of the molecule is O=C(Oc1ccc2c(c1)OC(=Cc1cccnc1)C2=O)c1cccc(N([O-])O)c1. The van der Waals surface area contributed by atoms with Crippen LogP contribution in [0.15, 0.2) is 72.8 Å². The van der Waals surface area contributed by atoms with Crippen LogP contribution in [0.4, 0.5) is 5.69 Å². The fourth-order valence-corrected chi connectivity index (χ4v) is 2.76. The normalized spacial score (nSPS) is 13.7. The fraction of sp³-hybridized carbons (Fsp3) is 0. The van der Waals surface area contributed by atoms with Gasteiger partial charge >= 0.3 is 5.97 Å². The minimum Gasteiger partial charge on any atom is -0.733 e. The topological polar surface area (TPSA) is 112 Å². The van der Waals surface area contributed by atoms with Crippen LogP contribution in [-0.2, 0) is 0 Å². The molecule has 2 heterocycles. The first kappa shape index (κ1) is 18.4. The summed E-state index contributed by atoms with van der Waals surface area (Å²) in [6.45, 7) is 0. The lowest BCUT2D eigenvalue weighted by Crippen LogP contribution is -2.11. The molecule has 8 heteroatoms. The number of hydrogen-bond acceptors (Lipinski definition) is 8. The maximum absolute atomic E-state index is 12.5. The van der Waals surface area contributed by atoms with Crippen LogP contribution in [-0.4, -0.2) is 21.9 Å². The van der Waals surface area contributed by atoms with E-state index in [4.69, 9.17) is 14.7 Å². The number of fused-ring (bicyclic) bond motifs is 1. The van der Waals surface area contributed by atoms with E-state index in [1.807, 2.05) is 0 Å². The van der Waals surface area contributed by atoms with Crippen molar-refractivity contribution < 1.29 is 24.3 Å². The largest absolute Gasteiger partial charge is 0.733 e. The average molecular weight is 389 g/mol. The molecule has 0 spiro atoms. The number of aromatic nitrogens is 1. The van der Waals surface area contributed by atoms with Crippen LogP contribution >= 0.6 is 0 Å². The van der Waals surface area contributed by atoms with E-state index in [0.717, 1.165) is 0 Å². The molecular formula is C21H13N2O6-. The van der Waals surface area contributed by atoms with Crippen LogP contribution < -0.4 is 14.7 Å². The smallest absolute Gasteiger partial charge is 0.343 e. The first-order valence-corrected chi connectivity index (χ1v) is 8.48. The minimum atomic E-state index is -0.732. The number of hydrogen-bond donors (Lipinski definition) is 1. The zero-order valence-electron chi connectivity index (χ0n) is 14.8. The lowest BCUT2D eigenvalue weighted by molar-refractivity contribution is 0.0734. The molecule has 1 N–H and O–H groups in total. The molecule has 144 valence electrons. The van der Waals surface area contributed by atoms with Gasteiger partial charge in [-0.25, -0.2) is 4.79 Å². The van der Waals surface area contributed by atoms with Crippen LogP contribution in [0, 0.1) is 5.21 Å². The number of esters is 1. The molecule has 29 heavy (non-hydrogen) atoms. The number of carbonyl (C=O) groups is 2. The Kier molecular flexibility index (Phi) is 4.78. The standard InChI is InChI=1S/C21H13N2O6/c24-20-17-7-6-16(28-21(25)14-4-1-5-15(10-14)23(26)27)11-18(17)29-19(20)9-13-3-2-8-22-12-13/h1-12,26H/q-1. The molecule has 0 saturated heterocycles.